The normalized spacial score (nSPS) is 18.9. The highest BCUT2D eigenvalue weighted by Gasteiger charge is 2.28. The van der Waals surface area contributed by atoms with Crippen LogP contribution < -0.4 is 5.32 Å². The van der Waals surface area contributed by atoms with Gasteiger partial charge in [0.05, 0.1) is 11.6 Å². The number of fused-ring (bicyclic) bond motifs is 1. The van der Waals surface area contributed by atoms with E-state index in [1.54, 1.807) is 17.0 Å². The third kappa shape index (κ3) is 4.78. The van der Waals surface area contributed by atoms with Crippen LogP contribution in [0.25, 0.3) is 11.4 Å². The van der Waals surface area contributed by atoms with Crippen LogP contribution in [-0.4, -0.2) is 44.6 Å². The van der Waals surface area contributed by atoms with Crippen molar-refractivity contribution in [3.63, 3.8) is 0 Å². The molecule has 1 unspecified atom stereocenters. The summed E-state index contributed by atoms with van der Waals surface area (Å²) in [5.41, 5.74) is 0.881. The van der Waals surface area contributed by atoms with Crippen LogP contribution in [-0.2, 0) is 22.6 Å². The summed E-state index contributed by atoms with van der Waals surface area (Å²) in [5, 5.41) is 11.4. The van der Waals surface area contributed by atoms with Crippen LogP contribution >= 0.6 is 0 Å². The number of nitrogens with one attached hydrogen (secondary N) is 1. The molecule has 1 atom stereocenters. The molecule has 2 aromatic rings. The van der Waals surface area contributed by atoms with E-state index >= 15 is 0 Å². The van der Waals surface area contributed by atoms with Gasteiger partial charge in [-0.1, -0.05) is 13.3 Å². The molecule has 166 valence electrons. The molecule has 2 amide bonds. The van der Waals surface area contributed by atoms with Gasteiger partial charge in [-0.25, -0.2) is 4.39 Å². The van der Waals surface area contributed by atoms with Crippen molar-refractivity contribution in [2.45, 2.75) is 64.8 Å². The van der Waals surface area contributed by atoms with Crippen LogP contribution in [0, 0.1) is 11.7 Å². The fourth-order valence-corrected chi connectivity index (χ4v) is 4.48. The van der Waals surface area contributed by atoms with Crippen molar-refractivity contribution in [1.29, 1.82) is 0 Å². The Balaban J connectivity index is 1.50. The average Bonchev–Trinajstić information content (AvgIpc) is 3.03. The van der Waals surface area contributed by atoms with Gasteiger partial charge in [0.2, 0.25) is 11.8 Å². The summed E-state index contributed by atoms with van der Waals surface area (Å²) in [4.78, 5) is 26.8. The quantitative estimate of drug-likeness (QED) is 0.787. The first kappa shape index (κ1) is 21.5. The van der Waals surface area contributed by atoms with E-state index in [2.05, 4.69) is 20.1 Å². The second kappa shape index (κ2) is 9.58. The number of halogens is 1. The first-order valence-corrected chi connectivity index (χ1v) is 11.4. The van der Waals surface area contributed by atoms with Crippen molar-refractivity contribution in [1.82, 2.24) is 19.7 Å². The summed E-state index contributed by atoms with van der Waals surface area (Å²) in [6, 6.07) is 4.68. The van der Waals surface area contributed by atoms with Crippen molar-refractivity contribution < 1.29 is 14.0 Å². The maximum atomic E-state index is 14.5. The van der Waals surface area contributed by atoms with E-state index in [-0.39, 0.29) is 23.4 Å². The molecule has 0 saturated carbocycles. The number of anilines is 1. The molecule has 7 nitrogen and oxygen atoms in total. The van der Waals surface area contributed by atoms with Crippen LogP contribution in [0.15, 0.2) is 18.2 Å². The van der Waals surface area contributed by atoms with Gasteiger partial charge in [-0.05, 0) is 50.3 Å². The third-order valence-corrected chi connectivity index (χ3v) is 6.20. The highest BCUT2D eigenvalue weighted by Crippen LogP contribution is 2.27. The number of likely N-dealkylation sites (tertiary alicyclic amines) is 1. The van der Waals surface area contributed by atoms with Gasteiger partial charge in [0.15, 0.2) is 5.82 Å². The lowest BCUT2D eigenvalue weighted by Crippen LogP contribution is -2.43. The number of aryl methyl sites for hydroxylation is 1. The molecule has 1 aromatic carbocycles. The monoisotopic (exact) mass is 427 g/mol. The van der Waals surface area contributed by atoms with E-state index in [0.29, 0.717) is 31.8 Å². The largest absolute Gasteiger partial charge is 0.342 e. The van der Waals surface area contributed by atoms with Gasteiger partial charge in [-0.2, -0.15) is 0 Å². The van der Waals surface area contributed by atoms with Gasteiger partial charge in [0, 0.05) is 38.0 Å². The van der Waals surface area contributed by atoms with Crippen LogP contribution in [0.3, 0.4) is 0 Å². The van der Waals surface area contributed by atoms with Crippen molar-refractivity contribution in [2.75, 3.05) is 18.4 Å². The molecule has 0 radical (unpaired) electrons. The smallest absolute Gasteiger partial charge is 0.229 e. The minimum atomic E-state index is -0.484. The minimum Gasteiger partial charge on any atom is -0.342 e. The highest BCUT2D eigenvalue weighted by atomic mass is 19.1. The summed E-state index contributed by atoms with van der Waals surface area (Å²) in [5.74, 6) is 0.693. The van der Waals surface area contributed by atoms with Gasteiger partial charge in [-0.3, -0.25) is 9.59 Å². The highest BCUT2D eigenvalue weighted by molar-refractivity contribution is 5.94. The number of hydrogen-bond acceptors (Lipinski definition) is 4. The van der Waals surface area contributed by atoms with Gasteiger partial charge >= 0.3 is 0 Å². The Morgan fingerprint density at radius 2 is 2.03 bits per heavy atom. The lowest BCUT2D eigenvalue weighted by molar-refractivity contribution is -0.134. The molecule has 2 aliphatic heterocycles. The fourth-order valence-electron chi connectivity index (χ4n) is 4.48. The second-order valence-corrected chi connectivity index (χ2v) is 8.51. The second-order valence-electron chi connectivity index (χ2n) is 8.51. The Labute approximate surface area is 182 Å². The van der Waals surface area contributed by atoms with Crippen LogP contribution in [0.1, 0.15) is 57.7 Å². The molecular weight excluding hydrogens is 397 g/mol. The Hall–Kier alpha value is -2.77. The van der Waals surface area contributed by atoms with Gasteiger partial charge < -0.3 is 14.8 Å². The summed E-state index contributed by atoms with van der Waals surface area (Å²) in [7, 11) is 0. The van der Waals surface area contributed by atoms with Gasteiger partial charge in [0.25, 0.3) is 0 Å². The van der Waals surface area contributed by atoms with Crippen LogP contribution in [0.4, 0.5) is 10.1 Å². The Morgan fingerprint density at radius 3 is 2.87 bits per heavy atom. The molecule has 0 spiro atoms. The molecule has 31 heavy (non-hydrogen) atoms. The van der Waals surface area contributed by atoms with Crippen molar-refractivity contribution in [2.24, 2.45) is 5.92 Å². The predicted octanol–water partition coefficient (Wildman–Crippen LogP) is 3.79. The summed E-state index contributed by atoms with van der Waals surface area (Å²) >= 11 is 0. The SMILES string of the molecule is CCCC(=O)N1CCCC(C(=O)Nc2cc(-c3nnc4n3CCCCC4)ccc2F)C1. The average molecular weight is 428 g/mol. The number of benzene rings is 1. The number of hydrogen-bond donors (Lipinski definition) is 1. The minimum absolute atomic E-state index is 0.0840. The Kier molecular flexibility index (Phi) is 6.63. The van der Waals surface area contributed by atoms with E-state index < -0.39 is 5.82 Å². The molecular formula is C23H30FN5O2. The Morgan fingerprint density at radius 1 is 1.16 bits per heavy atom. The number of aromatic nitrogens is 3. The van der Waals surface area contributed by atoms with Crippen LogP contribution in [0.2, 0.25) is 0 Å². The zero-order valence-corrected chi connectivity index (χ0v) is 18.1. The third-order valence-electron chi connectivity index (χ3n) is 6.20. The van der Waals surface area contributed by atoms with Gasteiger partial charge in [-0.15, -0.1) is 10.2 Å². The van der Waals surface area contributed by atoms with E-state index in [4.69, 9.17) is 0 Å². The zero-order chi connectivity index (χ0) is 21.8. The van der Waals surface area contributed by atoms with E-state index in [1.807, 2.05) is 6.92 Å². The fraction of sp³-hybridized carbons (Fsp3) is 0.565. The summed E-state index contributed by atoms with van der Waals surface area (Å²) in [6.07, 6.45) is 6.98. The van der Waals surface area contributed by atoms with E-state index in [9.17, 15) is 14.0 Å². The lowest BCUT2D eigenvalue weighted by Gasteiger charge is -2.32. The number of nitrogens with zero attached hydrogens (tertiary/aromatic N) is 4. The molecule has 4 rings (SSSR count). The number of carbonyl (C=O) groups excluding carboxylic acids is 2. The molecule has 1 aromatic heterocycles. The number of rotatable bonds is 5. The molecule has 8 heteroatoms. The molecule has 2 aliphatic rings. The maximum Gasteiger partial charge on any atom is 0.229 e. The molecule has 1 saturated heterocycles. The first-order chi connectivity index (χ1) is 15.1. The van der Waals surface area contributed by atoms with Crippen LogP contribution in [0.5, 0.6) is 0 Å². The topological polar surface area (TPSA) is 80.1 Å². The standard InChI is InChI=1S/C23H30FN5O2/c1-2-7-21(30)28-12-6-8-17(15-28)23(31)25-19-14-16(10-11-18(19)24)22-27-26-20-9-4-3-5-13-29(20)22/h10-11,14,17H,2-9,12-13,15H2,1H3,(H,25,31). The van der Waals surface area contributed by atoms with Crippen molar-refractivity contribution in [3.8, 4) is 11.4 Å². The number of piperidine rings is 1. The summed E-state index contributed by atoms with van der Waals surface area (Å²) < 4.78 is 16.6. The summed E-state index contributed by atoms with van der Waals surface area (Å²) in [6.45, 7) is 3.89. The molecule has 1 fully saturated rings. The maximum absolute atomic E-state index is 14.5. The number of carbonyl (C=O) groups is 2. The zero-order valence-electron chi connectivity index (χ0n) is 18.1. The van der Waals surface area contributed by atoms with E-state index in [1.165, 1.54) is 6.07 Å². The van der Waals surface area contributed by atoms with Crippen molar-refractivity contribution in [3.05, 3.63) is 29.8 Å². The Bertz CT molecular complexity index is 957. The molecule has 3 heterocycles. The lowest BCUT2D eigenvalue weighted by atomic mass is 9.96. The predicted molar refractivity (Wildman–Crippen MR) is 116 cm³/mol. The first-order valence-electron chi connectivity index (χ1n) is 11.4. The van der Waals surface area contributed by atoms with Gasteiger partial charge in [0.1, 0.15) is 11.6 Å². The molecule has 0 aliphatic carbocycles. The van der Waals surface area contributed by atoms with E-state index in [0.717, 1.165) is 56.5 Å². The molecule has 0 bridgehead atoms. The number of amides is 2. The molecule has 1 N–H and O–H groups in total. The van der Waals surface area contributed by atoms with Crippen molar-refractivity contribution >= 4 is 17.5 Å².